The van der Waals surface area contributed by atoms with Gasteiger partial charge in [0.2, 0.25) is 0 Å². The van der Waals surface area contributed by atoms with Gasteiger partial charge in [-0.1, -0.05) is 11.6 Å². The molecule has 0 heterocycles. The Hall–Kier alpha value is -0.560. The largest absolute Gasteiger partial charge is 0.299 e. The first-order valence-corrected chi connectivity index (χ1v) is 3.71. The van der Waals surface area contributed by atoms with Gasteiger partial charge in [-0.2, -0.15) is 0 Å². The van der Waals surface area contributed by atoms with Crippen LogP contribution in [0, 0.1) is 0 Å². The van der Waals surface area contributed by atoms with Crippen LogP contribution in [0.1, 0.15) is 19.3 Å². The lowest BCUT2D eigenvalue weighted by Gasteiger charge is -2.08. The Labute approximate surface area is 65.4 Å². The first kappa shape index (κ1) is 7.55. The molecule has 0 saturated carbocycles. The maximum absolute atomic E-state index is 10.0. The fourth-order valence-electron chi connectivity index (χ4n) is 1.03. The first-order chi connectivity index (χ1) is 4.83. The summed E-state index contributed by atoms with van der Waals surface area (Å²) < 4.78 is 0. The number of rotatable bonds is 1. The smallest absolute Gasteiger partial charge is 0.143 e. The lowest BCUT2D eigenvalue weighted by atomic mass is 10.0. The molecule has 0 N–H and O–H groups in total. The third-order valence-electron chi connectivity index (χ3n) is 1.51. The molecule has 0 aromatic heterocycles. The topological polar surface area (TPSA) is 17.1 Å². The van der Waals surface area contributed by atoms with Crippen molar-refractivity contribution in [3.63, 3.8) is 0 Å². The van der Waals surface area contributed by atoms with Gasteiger partial charge in [-0.05, 0) is 37.0 Å². The zero-order valence-electron chi connectivity index (χ0n) is 5.64. The van der Waals surface area contributed by atoms with Gasteiger partial charge in [0, 0.05) is 5.03 Å². The summed E-state index contributed by atoms with van der Waals surface area (Å²) in [6.45, 7) is 0. The van der Waals surface area contributed by atoms with Crippen LogP contribution in [0.2, 0.25) is 0 Å². The lowest BCUT2D eigenvalue weighted by Crippen LogP contribution is -1.90. The van der Waals surface area contributed by atoms with Crippen LogP contribution in [0.5, 0.6) is 0 Å². The van der Waals surface area contributed by atoms with Crippen LogP contribution < -0.4 is 0 Å². The second kappa shape index (κ2) is 3.57. The van der Waals surface area contributed by atoms with E-state index in [0.29, 0.717) is 0 Å². The third-order valence-corrected chi connectivity index (χ3v) is 1.80. The molecular formula is C8H9ClO. The van der Waals surface area contributed by atoms with Crippen LogP contribution >= 0.6 is 11.6 Å². The molecule has 0 unspecified atom stereocenters. The highest BCUT2D eigenvalue weighted by molar-refractivity contribution is 6.29. The average Bonchev–Trinajstić information content (AvgIpc) is 1.88. The van der Waals surface area contributed by atoms with Gasteiger partial charge in [-0.3, -0.25) is 4.79 Å². The van der Waals surface area contributed by atoms with E-state index in [0.717, 1.165) is 36.2 Å². The fourth-order valence-corrected chi connectivity index (χ4v) is 1.30. The molecule has 0 aromatic carbocycles. The van der Waals surface area contributed by atoms with Crippen LogP contribution in [0.3, 0.4) is 0 Å². The second-order valence-electron chi connectivity index (χ2n) is 2.32. The predicted molar refractivity (Wildman–Crippen MR) is 41.9 cm³/mol. The Morgan fingerprint density at radius 2 is 2.30 bits per heavy atom. The summed E-state index contributed by atoms with van der Waals surface area (Å²) in [6, 6.07) is 0. The van der Waals surface area contributed by atoms with Crippen molar-refractivity contribution in [1.29, 1.82) is 0 Å². The van der Waals surface area contributed by atoms with E-state index in [4.69, 9.17) is 11.6 Å². The van der Waals surface area contributed by atoms with E-state index in [-0.39, 0.29) is 0 Å². The van der Waals surface area contributed by atoms with Gasteiger partial charge in [0.05, 0.1) is 0 Å². The summed E-state index contributed by atoms with van der Waals surface area (Å²) in [6.07, 6.45) is 7.25. The van der Waals surface area contributed by atoms with Gasteiger partial charge in [-0.15, -0.1) is 0 Å². The molecule has 0 amide bonds. The van der Waals surface area contributed by atoms with Crippen molar-refractivity contribution in [2.45, 2.75) is 19.3 Å². The summed E-state index contributed by atoms with van der Waals surface area (Å²) in [4.78, 5) is 10.0. The molecule has 0 spiro atoms. The molecule has 2 heteroatoms. The SMILES string of the molecule is O=C/C=C1\C=C(Cl)CCC1. The number of halogens is 1. The molecule has 0 saturated heterocycles. The van der Waals surface area contributed by atoms with Crippen molar-refractivity contribution in [1.82, 2.24) is 0 Å². The number of carbonyl (C=O) groups excluding carboxylic acids is 1. The molecule has 0 aromatic rings. The molecule has 0 atom stereocenters. The monoisotopic (exact) mass is 156 g/mol. The van der Waals surface area contributed by atoms with Crippen molar-refractivity contribution in [2.24, 2.45) is 0 Å². The second-order valence-corrected chi connectivity index (χ2v) is 2.81. The van der Waals surface area contributed by atoms with E-state index in [9.17, 15) is 4.79 Å². The summed E-state index contributed by atoms with van der Waals surface area (Å²) in [5.41, 5.74) is 1.05. The van der Waals surface area contributed by atoms with Crippen molar-refractivity contribution < 1.29 is 4.79 Å². The van der Waals surface area contributed by atoms with E-state index >= 15 is 0 Å². The van der Waals surface area contributed by atoms with Crippen LogP contribution in [-0.4, -0.2) is 6.29 Å². The summed E-state index contributed by atoms with van der Waals surface area (Å²) in [5.74, 6) is 0. The molecule has 0 bridgehead atoms. The van der Waals surface area contributed by atoms with Crippen molar-refractivity contribution >= 4 is 17.9 Å². The van der Waals surface area contributed by atoms with Crippen molar-refractivity contribution in [3.8, 4) is 0 Å². The maximum Gasteiger partial charge on any atom is 0.143 e. The zero-order valence-corrected chi connectivity index (χ0v) is 6.40. The normalized spacial score (nSPS) is 22.5. The van der Waals surface area contributed by atoms with Crippen LogP contribution in [-0.2, 0) is 4.79 Å². The molecule has 1 aliphatic rings. The summed E-state index contributed by atoms with van der Waals surface area (Å²) in [5, 5.41) is 0.861. The number of carbonyl (C=O) groups is 1. The predicted octanol–water partition coefficient (Wildman–Crippen LogP) is 2.42. The quantitative estimate of drug-likeness (QED) is 0.421. The van der Waals surface area contributed by atoms with E-state index in [1.54, 1.807) is 6.08 Å². The van der Waals surface area contributed by atoms with Gasteiger partial charge in [-0.25, -0.2) is 0 Å². The van der Waals surface area contributed by atoms with E-state index in [1.807, 2.05) is 6.08 Å². The van der Waals surface area contributed by atoms with Crippen molar-refractivity contribution in [3.05, 3.63) is 22.8 Å². The number of hydrogen-bond acceptors (Lipinski definition) is 1. The van der Waals surface area contributed by atoms with E-state index in [2.05, 4.69) is 0 Å². The van der Waals surface area contributed by atoms with E-state index < -0.39 is 0 Å². The Morgan fingerprint density at radius 1 is 1.50 bits per heavy atom. The molecule has 10 heavy (non-hydrogen) atoms. The highest BCUT2D eigenvalue weighted by Crippen LogP contribution is 2.23. The summed E-state index contributed by atoms with van der Waals surface area (Å²) >= 11 is 5.75. The minimum absolute atomic E-state index is 0.807. The molecule has 0 radical (unpaired) electrons. The fraction of sp³-hybridized carbons (Fsp3) is 0.375. The number of aldehydes is 1. The molecule has 0 aliphatic heterocycles. The number of hydrogen-bond donors (Lipinski definition) is 0. The van der Waals surface area contributed by atoms with Crippen LogP contribution in [0.25, 0.3) is 0 Å². The minimum atomic E-state index is 0.807. The van der Waals surface area contributed by atoms with Crippen LogP contribution in [0.4, 0.5) is 0 Å². The molecule has 0 fully saturated rings. The molecule has 1 nitrogen and oxygen atoms in total. The third kappa shape index (κ3) is 1.99. The standard InChI is InChI=1S/C8H9ClO/c9-8-3-1-2-7(6-8)4-5-10/h4-6H,1-3H2/b7-4-. The summed E-state index contributed by atoms with van der Waals surface area (Å²) in [7, 11) is 0. The molecule has 1 aliphatic carbocycles. The molecule has 1 rings (SSSR count). The van der Waals surface area contributed by atoms with Gasteiger partial charge in [0.15, 0.2) is 0 Å². The minimum Gasteiger partial charge on any atom is -0.299 e. The molecular weight excluding hydrogens is 148 g/mol. The van der Waals surface area contributed by atoms with E-state index in [1.165, 1.54) is 0 Å². The highest BCUT2D eigenvalue weighted by Gasteiger charge is 2.03. The lowest BCUT2D eigenvalue weighted by molar-refractivity contribution is -0.104. The number of allylic oxidation sites excluding steroid dienone is 4. The Morgan fingerprint density at radius 3 is 2.90 bits per heavy atom. The van der Waals surface area contributed by atoms with Gasteiger partial charge < -0.3 is 0 Å². The first-order valence-electron chi connectivity index (χ1n) is 3.33. The Bertz CT molecular complexity index is 191. The van der Waals surface area contributed by atoms with Gasteiger partial charge in [0.25, 0.3) is 0 Å². The van der Waals surface area contributed by atoms with Crippen molar-refractivity contribution in [2.75, 3.05) is 0 Å². The van der Waals surface area contributed by atoms with Gasteiger partial charge in [0.1, 0.15) is 6.29 Å². The Kier molecular flexibility index (Phi) is 2.69. The zero-order chi connectivity index (χ0) is 7.40. The maximum atomic E-state index is 10.0. The van der Waals surface area contributed by atoms with Crippen LogP contribution in [0.15, 0.2) is 22.8 Å². The average molecular weight is 157 g/mol. The van der Waals surface area contributed by atoms with Gasteiger partial charge >= 0.3 is 0 Å². The Balaban J connectivity index is 2.70. The molecule has 54 valence electrons. The highest BCUT2D eigenvalue weighted by atomic mass is 35.5.